The number of carbonyl (C=O) groups excluding carboxylic acids is 1. The molecule has 2 aliphatic rings. The molecule has 1 atom stereocenters. The van der Waals surface area contributed by atoms with E-state index in [0.717, 1.165) is 38.9 Å². The highest BCUT2D eigenvalue weighted by molar-refractivity contribution is 5.81. The fourth-order valence-electron chi connectivity index (χ4n) is 1.98. The molecular weight excluding hydrogens is 164 g/mol. The fraction of sp³-hybridized carbons (Fsp3) is 0.900. The zero-order chi connectivity index (χ0) is 9.26. The summed E-state index contributed by atoms with van der Waals surface area (Å²) in [7, 11) is 0. The summed E-state index contributed by atoms with van der Waals surface area (Å²) in [6.45, 7) is 5.02. The van der Waals surface area contributed by atoms with Gasteiger partial charge in [0.2, 0.25) is 5.91 Å². The molecule has 1 aliphatic heterocycles. The maximum Gasteiger partial charge on any atom is 0.226 e. The van der Waals surface area contributed by atoms with Gasteiger partial charge in [0, 0.05) is 31.6 Å². The highest BCUT2D eigenvalue weighted by atomic mass is 16.2. The van der Waals surface area contributed by atoms with Gasteiger partial charge in [-0.25, -0.2) is 0 Å². The fourth-order valence-corrected chi connectivity index (χ4v) is 1.98. The third-order valence-electron chi connectivity index (χ3n) is 3.03. The molecule has 1 amide bonds. The van der Waals surface area contributed by atoms with Crippen LogP contribution in [0.4, 0.5) is 0 Å². The Morgan fingerprint density at radius 1 is 1.54 bits per heavy atom. The van der Waals surface area contributed by atoms with Crippen LogP contribution in [-0.2, 0) is 4.79 Å². The van der Waals surface area contributed by atoms with E-state index in [1.165, 1.54) is 0 Å². The lowest BCUT2D eigenvalue weighted by Gasteiger charge is -2.35. The van der Waals surface area contributed by atoms with E-state index in [0.29, 0.717) is 17.9 Å². The summed E-state index contributed by atoms with van der Waals surface area (Å²) in [5.41, 5.74) is 0. The van der Waals surface area contributed by atoms with Crippen molar-refractivity contribution in [3.63, 3.8) is 0 Å². The van der Waals surface area contributed by atoms with Crippen LogP contribution in [0.5, 0.6) is 0 Å². The van der Waals surface area contributed by atoms with Crippen molar-refractivity contribution in [2.24, 2.45) is 5.92 Å². The lowest BCUT2D eigenvalue weighted by Crippen LogP contribution is -2.53. The van der Waals surface area contributed by atoms with Gasteiger partial charge in [0.1, 0.15) is 0 Å². The summed E-state index contributed by atoms with van der Waals surface area (Å²) in [5.74, 6) is 0.792. The number of carbonyl (C=O) groups is 1. The number of nitrogens with one attached hydrogen (secondary N) is 1. The summed E-state index contributed by atoms with van der Waals surface area (Å²) in [5, 5.41) is 3.34. The third-order valence-corrected chi connectivity index (χ3v) is 3.03. The second-order valence-electron chi connectivity index (χ2n) is 4.07. The molecule has 0 unspecified atom stereocenters. The smallest absolute Gasteiger partial charge is 0.226 e. The highest BCUT2D eigenvalue weighted by Crippen LogP contribution is 2.32. The monoisotopic (exact) mass is 182 g/mol. The standard InChI is InChI=1S/C10H18N2O/c1-2-9-7-11-5-6-12(9)10(13)8-3-4-8/h8-9,11H,2-7H2,1H3/t9-/m1/s1. The minimum Gasteiger partial charge on any atom is -0.337 e. The molecule has 13 heavy (non-hydrogen) atoms. The van der Waals surface area contributed by atoms with Crippen LogP contribution < -0.4 is 5.32 Å². The van der Waals surface area contributed by atoms with Gasteiger partial charge < -0.3 is 10.2 Å². The molecule has 0 aromatic heterocycles. The number of hydrogen-bond acceptors (Lipinski definition) is 2. The van der Waals surface area contributed by atoms with E-state index in [1.807, 2.05) is 0 Å². The first-order valence-corrected chi connectivity index (χ1v) is 5.34. The molecule has 0 bridgehead atoms. The Kier molecular flexibility index (Phi) is 2.54. The van der Waals surface area contributed by atoms with Gasteiger partial charge in [-0.05, 0) is 19.3 Å². The van der Waals surface area contributed by atoms with Crippen LogP contribution in [0, 0.1) is 5.92 Å². The van der Waals surface area contributed by atoms with Gasteiger partial charge in [0.15, 0.2) is 0 Å². The van der Waals surface area contributed by atoms with E-state index in [4.69, 9.17) is 0 Å². The van der Waals surface area contributed by atoms with E-state index >= 15 is 0 Å². The normalized spacial score (nSPS) is 29.0. The number of piperazine rings is 1. The molecule has 1 N–H and O–H groups in total. The minimum atomic E-state index is 0.382. The van der Waals surface area contributed by atoms with Crippen molar-refractivity contribution < 1.29 is 4.79 Å². The van der Waals surface area contributed by atoms with E-state index < -0.39 is 0 Å². The van der Waals surface area contributed by atoms with Crippen molar-refractivity contribution in [3.8, 4) is 0 Å². The predicted molar refractivity (Wildman–Crippen MR) is 51.4 cm³/mol. The Hall–Kier alpha value is -0.570. The van der Waals surface area contributed by atoms with Gasteiger partial charge in [-0.3, -0.25) is 4.79 Å². The summed E-state index contributed by atoms with van der Waals surface area (Å²) >= 11 is 0. The topological polar surface area (TPSA) is 32.3 Å². The highest BCUT2D eigenvalue weighted by Gasteiger charge is 2.36. The van der Waals surface area contributed by atoms with Crippen molar-refractivity contribution in [2.45, 2.75) is 32.2 Å². The largest absolute Gasteiger partial charge is 0.337 e. The molecule has 1 saturated carbocycles. The Morgan fingerprint density at radius 3 is 2.92 bits per heavy atom. The van der Waals surface area contributed by atoms with Crippen molar-refractivity contribution in [2.75, 3.05) is 19.6 Å². The van der Waals surface area contributed by atoms with Gasteiger partial charge in [-0.1, -0.05) is 6.92 Å². The molecule has 3 nitrogen and oxygen atoms in total. The summed E-state index contributed by atoms with van der Waals surface area (Å²) < 4.78 is 0. The molecule has 0 spiro atoms. The van der Waals surface area contributed by atoms with Crippen molar-refractivity contribution >= 4 is 5.91 Å². The van der Waals surface area contributed by atoms with Crippen molar-refractivity contribution in [1.82, 2.24) is 10.2 Å². The molecule has 0 aromatic rings. The SMILES string of the molecule is CC[C@@H]1CNCCN1C(=O)C1CC1. The van der Waals surface area contributed by atoms with Crippen LogP contribution >= 0.6 is 0 Å². The molecule has 2 fully saturated rings. The van der Waals surface area contributed by atoms with Crippen LogP contribution in [0.25, 0.3) is 0 Å². The van der Waals surface area contributed by atoms with Crippen LogP contribution in [0.1, 0.15) is 26.2 Å². The molecular formula is C10H18N2O. The maximum atomic E-state index is 11.8. The molecule has 1 aliphatic carbocycles. The molecule has 74 valence electrons. The molecule has 0 radical (unpaired) electrons. The quantitative estimate of drug-likeness (QED) is 0.678. The zero-order valence-corrected chi connectivity index (χ0v) is 8.25. The number of rotatable bonds is 2. The first-order valence-electron chi connectivity index (χ1n) is 5.34. The maximum absolute atomic E-state index is 11.8. The van der Waals surface area contributed by atoms with Gasteiger partial charge in [-0.15, -0.1) is 0 Å². The molecule has 1 heterocycles. The average Bonchev–Trinajstić information content (AvgIpc) is 3.00. The molecule has 1 saturated heterocycles. The van der Waals surface area contributed by atoms with Crippen LogP contribution in [0.3, 0.4) is 0 Å². The van der Waals surface area contributed by atoms with Crippen molar-refractivity contribution in [3.05, 3.63) is 0 Å². The van der Waals surface area contributed by atoms with Gasteiger partial charge in [0.05, 0.1) is 0 Å². The average molecular weight is 182 g/mol. The van der Waals surface area contributed by atoms with Crippen molar-refractivity contribution in [1.29, 1.82) is 0 Å². The van der Waals surface area contributed by atoms with E-state index in [2.05, 4.69) is 17.1 Å². The molecule has 0 aromatic carbocycles. The Balaban J connectivity index is 1.96. The lowest BCUT2D eigenvalue weighted by molar-refractivity contribution is -0.135. The Labute approximate surface area is 79.5 Å². The first kappa shape index (κ1) is 9.00. The van der Waals surface area contributed by atoms with Gasteiger partial charge >= 0.3 is 0 Å². The number of amides is 1. The lowest BCUT2D eigenvalue weighted by atomic mass is 10.1. The zero-order valence-electron chi connectivity index (χ0n) is 8.25. The van der Waals surface area contributed by atoms with E-state index in [-0.39, 0.29) is 0 Å². The van der Waals surface area contributed by atoms with E-state index in [1.54, 1.807) is 0 Å². The minimum absolute atomic E-state index is 0.382. The Bertz CT molecular complexity index is 201. The molecule has 3 heteroatoms. The van der Waals surface area contributed by atoms with Gasteiger partial charge in [0.25, 0.3) is 0 Å². The number of nitrogens with zero attached hydrogens (tertiary/aromatic N) is 1. The third kappa shape index (κ3) is 1.85. The molecule has 2 rings (SSSR count). The van der Waals surface area contributed by atoms with Crippen LogP contribution in [0.2, 0.25) is 0 Å². The second-order valence-corrected chi connectivity index (χ2v) is 4.07. The van der Waals surface area contributed by atoms with Crippen LogP contribution in [0.15, 0.2) is 0 Å². The second kappa shape index (κ2) is 3.66. The summed E-state index contributed by atoms with van der Waals surface area (Å²) in [4.78, 5) is 13.9. The predicted octanol–water partition coefficient (Wildman–Crippen LogP) is 0.607. The summed E-state index contributed by atoms with van der Waals surface area (Å²) in [6, 6.07) is 0.446. The number of hydrogen-bond donors (Lipinski definition) is 1. The van der Waals surface area contributed by atoms with Gasteiger partial charge in [-0.2, -0.15) is 0 Å². The first-order chi connectivity index (χ1) is 6.33. The van der Waals surface area contributed by atoms with Crippen LogP contribution in [-0.4, -0.2) is 36.5 Å². The Morgan fingerprint density at radius 2 is 2.31 bits per heavy atom. The van der Waals surface area contributed by atoms with E-state index in [9.17, 15) is 4.79 Å². The summed E-state index contributed by atoms with van der Waals surface area (Å²) in [6.07, 6.45) is 3.32.